The van der Waals surface area contributed by atoms with Crippen LogP contribution >= 0.6 is 0 Å². The quantitative estimate of drug-likeness (QED) is 0.727. The lowest BCUT2D eigenvalue weighted by atomic mass is 9.83. The van der Waals surface area contributed by atoms with Crippen LogP contribution in [0.5, 0.6) is 0 Å². The number of benzene rings is 1. The molecule has 4 rings (SSSR count). The molecule has 1 N–H and O–H groups in total. The van der Waals surface area contributed by atoms with Gasteiger partial charge in [0.1, 0.15) is 5.76 Å². The Labute approximate surface area is 145 Å². The van der Waals surface area contributed by atoms with Gasteiger partial charge in [0.2, 0.25) is 0 Å². The highest BCUT2D eigenvalue weighted by Gasteiger charge is 2.35. The van der Waals surface area contributed by atoms with Crippen LogP contribution in [0.4, 0.5) is 5.69 Å². The van der Waals surface area contributed by atoms with E-state index in [1.807, 2.05) is 43.3 Å². The zero-order chi connectivity index (χ0) is 17.4. The number of hydrogen-bond donors (Lipinski definition) is 1. The van der Waals surface area contributed by atoms with Crippen molar-refractivity contribution in [2.24, 2.45) is 0 Å². The van der Waals surface area contributed by atoms with E-state index >= 15 is 0 Å². The zero-order valence-electron chi connectivity index (χ0n) is 14.1. The summed E-state index contributed by atoms with van der Waals surface area (Å²) in [7, 11) is 0. The van der Waals surface area contributed by atoms with E-state index in [9.17, 15) is 4.79 Å². The molecule has 2 aromatic heterocycles. The number of allylic oxidation sites excluding steroid dienone is 1. The van der Waals surface area contributed by atoms with Crippen LogP contribution in [0.15, 0.2) is 64.5 Å². The maximum Gasteiger partial charge on any atom is 0.336 e. The standard InChI is InChI=1S/C20H18N2O3/c1-3-24-20(23)16-12(2)22-19-14(17(16)15-7-5-11-25-15)9-8-13-6-4-10-21-18(13)19/h4-11,17,22H,3H2,1-2H3. The number of nitrogens with one attached hydrogen (secondary N) is 1. The van der Waals surface area contributed by atoms with Gasteiger partial charge in [0, 0.05) is 17.3 Å². The van der Waals surface area contributed by atoms with Gasteiger partial charge in [-0.2, -0.15) is 0 Å². The van der Waals surface area contributed by atoms with Crippen molar-refractivity contribution >= 4 is 22.6 Å². The molecule has 0 bridgehead atoms. The highest BCUT2D eigenvalue weighted by molar-refractivity contribution is 5.99. The minimum absolute atomic E-state index is 0.322. The number of nitrogens with zero attached hydrogens (tertiary/aromatic N) is 1. The van der Waals surface area contributed by atoms with Crippen molar-refractivity contribution in [3.05, 3.63) is 71.5 Å². The van der Waals surface area contributed by atoms with Crippen LogP contribution in [0.1, 0.15) is 31.1 Å². The van der Waals surface area contributed by atoms with E-state index in [0.717, 1.165) is 27.9 Å². The first-order valence-electron chi connectivity index (χ1n) is 8.26. The van der Waals surface area contributed by atoms with Crippen LogP contribution in [0, 0.1) is 0 Å². The molecule has 0 amide bonds. The SMILES string of the molecule is CCOC(=O)C1=C(C)Nc2c(ccc3cccnc23)C1c1ccco1. The molecule has 5 heteroatoms. The van der Waals surface area contributed by atoms with E-state index in [0.29, 0.717) is 17.9 Å². The van der Waals surface area contributed by atoms with Gasteiger partial charge in [0.05, 0.1) is 35.6 Å². The van der Waals surface area contributed by atoms with Gasteiger partial charge in [-0.25, -0.2) is 4.79 Å². The molecule has 0 aliphatic carbocycles. The number of fused-ring (bicyclic) bond motifs is 3. The molecular weight excluding hydrogens is 316 g/mol. The minimum Gasteiger partial charge on any atom is -0.468 e. The number of esters is 1. The maximum atomic E-state index is 12.6. The fourth-order valence-corrected chi connectivity index (χ4v) is 3.39. The van der Waals surface area contributed by atoms with Crippen LogP contribution < -0.4 is 5.32 Å². The van der Waals surface area contributed by atoms with Crippen molar-refractivity contribution in [1.82, 2.24) is 4.98 Å². The number of carbonyl (C=O) groups is 1. The third-order valence-electron chi connectivity index (χ3n) is 4.45. The molecule has 3 heterocycles. The van der Waals surface area contributed by atoms with Crippen molar-refractivity contribution < 1.29 is 13.9 Å². The minimum atomic E-state index is -0.333. The van der Waals surface area contributed by atoms with Gasteiger partial charge in [-0.15, -0.1) is 0 Å². The van der Waals surface area contributed by atoms with Crippen molar-refractivity contribution in [2.75, 3.05) is 11.9 Å². The van der Waals surface area contributed by atoms with Crippen LogP contribution in [-0.4, -0.2) is 17.6 Å². The number of furan rings is 1. The highest BCUT2D eigenvalue weighted by Crippen LogP contribution is 2.44. The van der Waals surface area contributed by atoms with Crippen molar-refractivity contribution in [3.8, 4) is 0 Å². The number of hydrogen-bond acceptors (Lipinski definition) is 5. The molecule has 0 spiro atoms. The van der Waals surface area contributed by atoms with E-state index in [2.05, 4.69) is 10.3 Å². The summed E-state index contributed by atoms with van der Waals surface area (Å²) in [5.74, 6) is 0.0535. The molecule has 1 aromatic carbocycles. The number of anilines is 1. The molecule has 3 aromatic rings. The topological polar surface area (TPSA) is 64.4 Å². The summed E-state index contributed by atoms with van der Waals surface area (Å²) in [6, 6.07) is 11.7. The summed E-state index contributed by atoms with van der Waals surface area (Å²) in [5, 5.41) is 4.40. The summed E-state index contributed by atoms with van der Waals surface area (Å²) in [5.41, 5.74) is 4.06. The van der Waals surface area contributed by atoms with Gasteiger partial charge in [-0.1, -0.05) is 18.2 Å². The normalized spacial score (nSPS) is 16.5. The Balaban J connectivity index is 1.96. The van der Waals surface area contributed by atoms with Crippen molar-refractivity contribution in [2.45, 2.75) is 19.8 Å². The number of pyridine rings is 1. The molecule has 1 atom stereocenters. The second-order valence-corrected chi connectivity index (χ2v) is 5.94. The van der Waals surface area contributed by atoms with E-state index in [-0.39, 0.29) is 11.9 Å². The molecule has 0 fully saturated rings. The third-order valence-corrected chi connectivity index (χ3v) is 4.45. The summed E-state index contributed by atoms with van der Waals surface area (Å²) in [6.45, 7) is 4.01. The zero-order valence-corrected chi connectivity index (χ0v) is 14.1. The lowest BCUT2D eigenvalue weighted by molar-refractivity contribution is -0.138. The van der Waals surface area contributed by atoms with Crippen LogP contribution in [0.2, 0.25) is 0 Å². The molecule has 0 radical (unpaired) electrons. The second kappa shape index (κ2) is 6.09. The van der Waals surface area contributed by atoms with Gasteiger partial charge in [-0.3, -0.25) is 4.98 Å². The number of aromatic nitrogens is 1. The molecule has 5 nitrogen and oxygen atoms in total. The van der Waals surface area contributed by atoms with Gasteiger partial charge < -0.3 is 14.5 Å². The van der Waals surface area contributed by atoms with Crippen LogP contribution in [0.25, 0.3) is 10.9 Å². The van der Waals surface area contributed by atoms with Gasteiger partial charge in [-0.05, 0) is 37.6 Å². The monoisotopic (exact) mass is 334 g/mol. The third kappa shape index (κ3) is 2.48. The highest BCUT2D eigenvalue weighted by atomic mass is 16.5. The smallest absolute Gasteiger partial charge is 0.336 e. The van der Waals surface area contributed by atoms with Gasteiger partial charge in [0.15, 0.2) is 0 Å². The Bertz CT molecular complexity index is 974. The Morgan fingerprint density at radius 3 is 2.92 bits per heavy atom. The second-order valence-electron chi connectivity index (χ2n) is 5.94. The number of rotatable bonds is 3. The molecule has 0 saturated heterocycles. The average molecular weight is 334 g/mol. The molecule has 1 unspecified atom stereocenters. The van der Waals surface area contributed by atoms with Gasteiger partial charge >= 0.3 is 5.97 Å². The van der Waals surface area contributed by atoms with Crippen molar-refractivity contribution in [1.29, 1.82) is 0 Å². The Hall–Kier alpha value is -3.08. The first-order valence-corrected chi connectivity index (χ1v) is 8.26. The van der Waals surface area contributed by atoms with Crippen molar-refractivity contribution in [3.63, 3.8) is 0 Å². The predicted molar refractivity (Wildman–Crippen MR) is 95.2 cm³/mol. The fourth-order valence-electron chi connectivity index (χ4n) is 3.39. The number of carbonyl (C=O) groups excluding carboxylic acids is 1. The molecule has 126 valence electrons. The number of ether oxygens (including phenoxy) is 1. The van der Waals surface area contributed by atoms with E-state index in [1.54, 1.807) is 19.4 Å². The summed E-state index contributed by atoms with van der Waals surface area (Å²) in [4.78, 5) is 17.1. The molecule has 25 heavy (non-hydrogen) atoms. The molecule has 0 saturated carbocycles. The Morgan fingerprint density at radius 1 is 1.28 bits per heavy atom. The van der Waals surface area contributed by atoms with E-state index in [1.165, 1.54) is 0 Å². The van der Waals surface area contributed by atoms with E-state index < -0.39 is 0 Å². The molecule has 1 aliphatic rings. The molecular formula is C20H18N2O3. The lowest BCUT2D eigenvalue weighted by Crippen LogP contribution is -2.24. The Kier molecular flexibility index (Phi) is 3.76. The lowest BCUT2D eigenvalue weighted by Gasteiger charge is -2.29. The van der Waals surface area contributed by atoms with Crippen LogP contribution in [-0.2, 0) is 9.53 Å². The first-order chi connectivity index (χ1) is 12.2. The average Bonchev–Trinajstić information content (AvgIpc) is 3.15. The largest absolute Gasteiger partial charge is 0.468 e. The Morgan fingerprint density at radius 2 is 2.16 bits per heavy atom. The maximum absolute atomic E-state index is 12.6. The fraction of sp³-hybridized carbons (Fsp3) is 0.200. The van der Waals surface area contributed by atoms with Crippen LogP contribution in [0.3, 0.4) is 0 Å². The predicted octanol–water partition coefficient (Wildman–Crippen LogP) is 4.22. The van der Waals surface area contributed by atoms with E-state index in [4.69, 9.17) is 9.15 Å². The first kappa shape index (κ1) is 15.4. The summed E-state index contributed by atoms with van der Waals surface area (Å²) in [6.07, 6.45) is 3.39. The van der Waals surface area contributed by atoms with Gasteiger partial charge in [0.25, 0.3) is 0 Å². The summed E-state index contributed by atoms with van der Waals surface area (Å²) < 4.78 is 10.9. The molecule has 1 aliphatic heterocycles. The summed E-state index contributed by atoms with van der Waals surface area (Å²) >= 11 is 0.